The average molecular weight is 408 g/mol. The van der Waals surface area contributed by atoms with E-state index in [1.165, 1.54) is 32.2 Å². The molecular weight excluding hydrogens is 390 g/mol. The Morgan fingerprint density at radius 2 is 1.92 bits per heavy atom. The zero-order valence-corrected chi connectivity index (χ0v) is 15.6. The summed E-state index contributed by atoms with van der Waals surface area (Å²) >= 11 is 3.37. The first kappa shape index (κ1) is 18.8. The van der Waals surface area contributed by atoms with Crippen molar-refractivity contribution in [3.63, 3.8) is 0 Å². The summed E-state index contributed by atoms with van der Waals surface area (Å²) in [5.41, 5.74) is 1.57. The highest BCUT2D eigenvalue weighted by molar-refractivity contribution is 9.10. The number of amides is 1. The Hall–Kier alpha value is -2.54. The van der Waals surface area contributed by atoms with Crippen molar-refractivity contribution in [1.82, 2.24) is 0 Å². The van der Waals surface area contributed by atoms with Crippen LogP contribution in [0.15, 0.2) is 40.9 Å². The van der Waals surface area contributed by atoms with Crippen LogP contribution in [0.5, 0.6) is 11.5 Å². The van der Waals surface area contributed by atoms with Crippen molar-refractivity contribution >= 4 is 33.5 Å². The first-order valence-electron chi connectivity index (χ1n) is 7.47. The number of carbonyl (C=O) groups is 2. The van der Waals surface area contributed by atoms with Crippen molar-refractivity contribution in [3.8, 4) is 11.5 Å². The fourth-order valence-corrected chi connectivity index (χ4v) is 2.64. The van der Waals surface area contributed by atoms with Gasteiger partial charge in [-0.2, -0.15) is 0 Å². The summed E-state index contributed by atoms with van der Waals surface area (Å²) in [5, 5.41) is 12.5. The van der Waals surface area contributed by atoms with Gasteiger partial charge in [-0.15, -0.1) is 0 Å². The highest BCUT2D eigenvalue weighted by Gasteiger charge is 2.21. The molecule has 1 atom stereocenters. The summed E-state index contributed by atoms with van der Waals surface area (Å²) in [7, 11) is 1.45. The number of benzene rings is 2. The van der Waals surface area contributed by atoms with Crippen molar-refractivity contribution in [2.75, 3.05) is 12.4 Å². The number of hydrogen-bond donors (Lipinski definition) is 2. The molecule has 0 aliphatic heterocycles. The quantitative estimate of drug-likeness (QED) is 0.738. The van der Waals surface area contributed by atoms with Gasteiger partial charge in [-0.05, 0) is 59.6 Å². The van der Waals surface area contributed by atoms with E-state index in [-0.39, 0.29) is 11.3 Å². The van der Waals surface area contributed by atoms with Crippen LogP contribution in [-0.4, -0.2) is 30.2 Å². The summed E-state index contributed by atoms with van der Waals surface area (Å²) < 4.78 is 10.8. The number of esters is 1. The van der Waals surface area contributed by atoms with Crippen molar-refractivity contribution in [2.24, 2.45) is 0 Å². The van der Waals surface area contributed by atoms with E-state index >= 15 is 0 Å². The van der Waals surface area contributed by atoms with Gasteiger partial charge < -0.3 is 19.9 Å². The first-order valence-corrected chi connectivity index (χ1v) is 8.26. The smallest absolute Gasteiger partial charge is 0.342 e. The largest absolute Gasteiger partial charge is 0.507 e. The molecule has 0 fully saturated rings. The van der Waals surface area contributed by atoms with Crippen molar-refractivity contribution in [3.05, 3.63) is 52.0 Å². The van der Waals surface area contributed by atoms with E-state index in [1.54, 1.807) is 6.07 Å². The molecule has 0 saturated carbocycles. The van der Waals surface area contributed by atoms with Gasteiger partial charge in [0.15, 0.2) is 6.10 Å². The Balaban J connectivity index is 2.04. The molecular formula is C18H18BrNO5. The third-order valence-electron chi connectivity index (χ3n) is 3.46. The van der Waals surface area contributed by atoms with Crippen LogP contribution in [0.3, 0.4) is 0 Å². The number of halogens is 1. The molecule has 1 amide bonds. The molecule has 0 bridgehead atoms. The summed E-state index contributed by atoms with van der Waals surface area (Å²) in [5.74, 6) is -1.15. The van der Waals surface area contributed by atoms with Gasteiger partial charge in [-0.25, -0.2) is 4.79 Å². The monoisotopic (exact) mass is 407 g/mol. The normalized spacial score (nSPS) is 11.5. The number of hydrogen-bond acceptors (Lipinski definition) is 5. The summed E-state index contributed by atoms with van der Waals surface area (Å²) in [6, 6.07) is 9.65. The predicted octanol–water partition coefficient (Wildman–Crippen LogP) is 3.66. The third kappa shape index (κ3) is 4.73. The molecule has 0 radical (unpaired) electrons. The third-order valence-corrected chi connectivity index (χ3v) is 4.12. The fraction of sp³-hybridized carbons (Fsp3) is 0.222. The van der Waals surface area contributed by atoms with Gasteiger partial charge in [0.05, 0.1) is 12.8 Å². The van der Waals surface area contributed by atoms with Crippen LogP contribution in [-0.2, 0) is 9.53 Å². The van der Waals surface area contributed by atoms with Crippen LogP contribution in [0.1, 0.15) is 22.8 Å². The highest BCUT2D eigenvalue weighted by atomic mass is 79.9. The highest BCUT2D eigenvalue weighted by Crippen LogP contribution is 2.25. The summed E-state index contributed by atoms with van der Waals surface area (Å²) in [6.07, 6.45) is -1.04. The standard InChI is InChI=1S/C18H18BrNO5/c1-10-4-7-15(14(19)8-10)20-17(22)11(2)25-18(23)13-6-5-12(24-3)9-16(13)21/h4-9,11,21H,1-3H3,(H,20,22)/t11-/m1/s1. The number of methoxy groups -OCH3 is 1. The number of phenolic OH excluding ortho intramolecular Hbond substituents is 1. The van der Waals surface area contributed by atoms with Gasteiger partial charge in [0.25, 0.3) is 5.91 Å². The minimum Gasteiger partial charge on any atom is -0.507 e. The van der Waals surface area contributed by atoms with E-state index in [0.717, 1.165) is 10.0 Å². The lowest BCUT2D eigenvalue weighted by atomic mass is 10.2. The SMILES string of the molecule is COc1ccc(C(=O)O[C@H](C)C(=O)Nc2ccc(C)cc2Br)c(O)c1. The van der Waals surface area contributed by atoms with E-state index in [2.05, 4.69) is 21.2 Å². The zero-order chi connectivity index (χ0) is 18.6. The van der Waals surface area contributed by atoms with E-state index in [9.17, 15) is 14.7 Å². The van der Waals surface area contributed by atoms with Gasteiger partial charge in [0, 0.05) is 10.5 Å². The van der Waals surface area contributed by atoms with Crippen molar-refractivity contribution in [1.29, 1.82) is 0 Å². The number of aromatic hydroxyl groups is 1. The molecule has 2 rings (SSSR count). The minimum absolute atomic E-state index is 0.0445. The number of nitrogens with one attached hydrogen (secondary N) is 1. The Kier molecular flexibility index (Phi) is 6.03. The first-order chi connectivity index (χ1) is 11.8. The number of phenols is 1. The van der Waals surface area contributed by atoms with E-state index in [1.807, 2.05) is 19.1 Å². The molecule has 132 valence electrons. The molecule has 2 N–H and O–H groups in total. The minimum atomic E-state index is -1.04. The molecule has 2 aromatic rings. The maximum absolute atomic E-state index is 12.2. The number of anilines is 1. The lowest BCUT2D eigenvalue weighted by molar-refractivity contribution is -0.123. The van der Waals surface area contributed by atoms with Gasteiger partial charge >= 0.3 is 5.97 Å². The lowest BCUT2D eigenvalue weighted by Crippen LogP contribution is -2.30. The second-order valence-electron chi connectivity index (χ2n) is 5.40. The summed E-state index contributed by atoms with van der Waals surface area (Å²) in [6.45, 7) is 3.39. The Labute approximate surface area is 153 Å². The number of rotatable bonds is 5. The molecule has 0 aliphatic rings. The topological polar surface area (TPSA) is 84.9 Å². The molecule has 0 heterocycles. The second kappa shape index (κ2) is 8.02. The van der Waals surface area contributed by atoms with Crippen molar-refractivity contribution < 1.29 is 24.2 Å². The number of ether oxygens (including phenoxy) is 2. The number of aryl methyl sites for hydroxylation is 1. The van der Waals surface area contributed by atoms with Gasteiger partial charge in [0.1, 0.15) is 17.1 Å². The molecule has 25 heavy (non-hydrogen) atoms. The molecule has 0 saturated heterocycles. The van der Waals surface area contributed by atoms with Crippen LogP contribution >= 0.6 is 15.9 Å². The van der Waals surface area contributed by atoms with E-state index < -0.39 is 18.0 Å². The van der Waals surface area contributed by atoms with Crippen molar-refractivity contribution in [2.45, 2.75) is 20.0 Å². The van der Waals surface area contributed by atoms with E-state index in [0.29, 0.717) is 11.4 Å². The molecule has 0 aliphatic carbocycles. The van der Waals surface area contributed by atoms with Crippen LogP contribution in [0.25, 0.3) is 0 Å². The fourth-order valence-electron chi connectivity index (χ4n) is 2.04. The zero-order valence-electron chi connectivity index (χ0n) is 14.0. The number of carbonyl (C=O) groups excluding carboxylic acids is 2. The Morgan fingerprint density at radius 1 is 1.20 bits per heavy atom. The maximum Gasteiger partial charge on any atom is 0.342 e. The molecule has 2 aromatic carbocycles. The van der Waals surface area contributed by atoms with Crippen LogP contribution in [0.4, 0.5) is 5.69 Å². The average Bonchev–Trinajstić information content (AvgIpc) is 2.56. The van der Waals surface area contributed by atoms with Gasteiger partial charge in [0.2, 0.25) is 0 Å². The van der Waals surface area contributed by atoms with Crippen LogP contribution < -0.4 is 10.1 Å². The summed E-state index contributed by atoms with van der Waals surface area (Å²) in [4.78, 5) is 24.3. The van der Waals surface area contributed by atoms with E-state index in [4.69, 9.17) is 9.47 Å². The molecule has 0 spiro atoms. The lowest BCUT2D eigenvalue weighted by Gasteiger charge is -2.15. The predicted molar refractivity (Wildman–Crippen MR) is 97.0 cm³/mol. The Bertz CT molecular complexity index is 806. The second-order valence-corrected chi connectivity index (χ2v) is 6.26. The van der Waals surface area contributed by atoms with Gasteiger partial charge in [-0.3, -0.25) is 4.79 Å². The van der Waals surface area contributed by atoms with Crippen LogP contribution in [0, 0.1) is 6.92 Å². The molecule has 0 aromatic heterocycles. The molecule has 6 nitrogen and oxygen atoms in total. The molecule has 7 heteroatoms. The van der Waals surface area contributed by atoms with Crippen LogP contribution in [0.2, 0.25) is 0 Å². The van der Waals surface area contributed by atoms with Gasteiger partial charge in [-0.1, -0.05) is 6.07 Å². The Morgan fingerprint density at radius 3 is 2.52 bits per heavy atom. The molecule has 0 unspecified atom stereocenters. The maximum atomic E-state index is 12.2.